The van der Waals surface area contributed by atoms with Crippen LogP contribution >= 0.6 is 0 Å². The Kier molecular flexibility index (Phi) is 1.48. The Hall–Kier alpha value is -0.900. The quantitative estimate of drug-likeness (QED) is 0.427. The average molecular weight is 128 g/mol. The van der Waals surface area contributed by atoms with E-state index < -0.39 is 0 Å². The molecule has 1 atom stereocenters. The molecule has 9 heavy (non-hydrogen) atoms. The minimum atomic E-state index is -0.280. The van der Waals surface area contributed by atoms with Crippen molar-refractivity contribution in [1.29, 1.82) is 0 Å². The molecular weight excluding hydrogens is 120 g/mol. The van der Waals surface area contributed by atoms with Crippen molar-refractivity contribution in [1.82, 2.24) is 5.32 Å². The summed E-state index contributed by atoms with van der Waals surface area (Å²) in [5.41, 5.74) is 5.17. The van der Waals surface area contributed by atoms with Crippen LogP contribution in [-0.2, 0) is 9.59 Å². The first-order valence-electron chi connectivity index (χ1n) is 2.78. The van der Waals surface area contributed by atoms with Crippen molar-refractivity contribution in [2.75, 3.05) is 6.54 Å². The number of amides is 2. The van der Waals surface area contributed by atoms with E-state index in [2.05, 4.69) is 5.32 Å². The van der Waals surface area contributed by atoms with Crippen LogP contribution < -0.4 is 11.1 Å². The van der Waals surface area contributed by atoms with Gasteiger partial charge in [0.05, 0.1) is 5.92 Å². The maximum atomic E-state index is 10.6. The highest BCUT2D eigenvalue weighted by Crippen LogP contribution is 2.07. The summed E-state index contributed by atoms with van der Waals surface area (Å²) < 4.78 is 0. The lowest BCUT2D eigenvalue weighted by atomic mass is 10.1. The highest BCUT2D eigenvalue weighted by atomic mass is 16.2. The highest BCUT2D eigenvalue weighted by molar-refractivity contribution is 6.03. The van der Waals surface area contributed by atoms with Gasteiger partial charge in [0.1, 0.15) is 0 Å². The Morgan fingerprint density at radius 1 is 1.67 bits per heavy atom. The van der Waals surface area contributed by atoms with Crippen LogP contribution in [0, 0.1) is 5.92 Å². The predicted molar refractivity (Wildman–Crippen MR) is 30.3 cm³/mol. The predicted octanol–water partition coefficient (Wildman–Crippen LogP) is -1.39. The van der Waals surface area contributed by atoms with Crippen molar-refractivity contribution in [3.63, 3.8) is 0 Å². The average Bonchev–Trinajstić information content (AvgIpc) is 2.10. The summed E-state index contributed by atoms with van der Waals surface area (Å²) in [5.74, 6) is -0.726. The summed E-state index contributed by atoms with van der Waals surface area (Å²) in [6, 6.07) is 0. The molecule has 0 radical (unpaired) electrons. The van der Waals surface area contributed by atoms with Gasteiger partial charge >= 0.3 is 0 Å². The van der Waals surface area contributed by atoms with Crippen molar-refractivity contribution in [2.45, 2.75) is 6.42 Å². The number of carbonyl (C=O) groups excluding carboxylic acids is 2. The van der Waals surface area contributed by atoms with Crippen LogP contribution in [0.4, 0.5) is 0 Å². The number of carbonyl (C=O) groups is 2. The number of nitrogens with one attached hydrogen (secondary N) is 1. The molecule has 0 aliphatic carbocycles. The molecule has 0 unspecified atom stereocenters. The Morgan fingerprint density at radius 3 is 2.56 bits per heavy atom. The summed E-state index contributed by atoms with van der Waals surface area (Å²) in [6.45, 7) is 0.261. The first-order chi connectivity index (χ1) is 4.24. The third-order valence-electron chi connectivity index (χ3n) is 1.35. The van der Waals surface area contributed by atoms with Gasteiger partial charge in [0.2, 0.25) is 11.8 Å². The Labute approximate surface area is 52.4 Å². The molecule has 4 heteroatoms. The molecule has 0 aromatic rings. The second-order valence-corrected chi connectivity index (χ2v) is 2.05. The second kappa shape index (κ2) is 2.14. The SMILES string of the molecule is NC[C@H]1CC(=O)NC1=O. The zero-order valence-electron chi connectivity index (χ0n) is 4.89. The van der Waals surface area contributed by atoms with Gasteiger partial charge in [0.25, 0.3) is 0 Å². The van der Waals surface area contributed by atoms with Gasteiger partial charge in [-0.05, 0) is 0 Å². The molecule has 3 N–H and O–H groups in total. The molecule has 0 spiro atoms. The normalized spacial score (nSPS) is 26.6. The molecule has 0 aromatic heterocycles. The van der Waals surface area contributed by atoms with Gasteiger partial charge < -0.3 is 5.73 Å². The fourth-order valence-corrected chi connectivity index (χ4v) is 0.797. The monoisotopic (exact) mass is 128 g/mol. The van der Waals surface area contributed by atoms with Gasteiger partial charge in [-0.2, -0.15) is 0 Å². The summed E-state index contributed by atoms with van der Waals surface area (Å²) in [5, 5.41) is 2.16. The Bertz CT molecular complexity index is 155. The number of hydrogen-bond acceptors (Lipinski definition) is 3. The van der Waals surface area contributed by atoms with Crippen LogP contribution in [-0.4, -0.2) is 18.4 Å². The van der Waals surface area contributed by atoms with Crippen LogP contribution in [0.15, 0.2) is 0 Å². The van der Waals surface area contributed by atoms with E-state index in [9.17, 15) is 9.59 Å². The molecule has 0 saturated carbocycles. The zero-order chi connectivity index (χ0) is 6.85. The third-order valence-corrected chi connectivity index (χ3v) is 1.35. The first kappa shape index (κ1) is 6.22. The Morgan fingerprint density at radius 2 is 2.33 bits per heavy atom. The number of hydrogen-bond donors (Lipinski definition) is 2. The number of nitrogens with two attached hydrogens (primary N) is 1. The summed E-state index contributed by atoms with van der Waals surface area (Å²) >= 11 is 0. The lowest BCUT2D eigenvalue weighted by Gasteiger charge is -1.96. The van der Waals surface area contributed by atoms with Crippen molar-refractivity contribution in [2.24, 2.45) is 11.7 Å². The summed E-state index contributed by atoms with van der Waals surface area (Å²) in [4.78, 5) is 21.0. The standard InChI is InChI=1S/C5H8N2O2/c6-2-3-1-4(8)7-5(3)9/h3H,1-2,6H2,(H,7,8,9)/t3-/m1/s1. The summed E-state index contributed by atoms with van der Waals surface area (Å²) in [7, 11) is 0. The minimum absolute atomic E-state index is 0.213. The van der Waals surface area contributed by atoms with E-state index in [1.165, 1.54) is 0 Å². The van der Waals surface area contributed by atoms with Crippen molar-refractivity contribution in [3.05, 3.63) is 0 Å². The molecule has 1 heterocycles. The van der Waals surface area contributed by atoms with Crippen molar-refractivity contribution >= 4 is 11.8 Å². The fourth-order valence-electron chi connectivity index (χ4n) is 0.797. The molecule has 1 saturated heterocycles. The topological polar surface area (TPSA) is 72.2 Å². The maximum absolute atomic E-state index is 10.6. The van der Waals surface area contributed by atoms with Crippen LogP contribution in [0.25, 0.3) is 0 Å². The van der Waals surface area contributed by atoms with Gasteiger partial charge in [-0.15, -0.1) is 0 Å². The number of rotatable bonds is 1. The first-order valence-corrected chi connectivity index (χ1v) is 2.78. The van der Waals surface area contributed by atoms with Crippen LogP contribution in [0.3, 0.4) is 0 Å². The van der Waals surface area contributed by atoms with E-state index in [4.69, 9.17) is 5.73 Å². The molecule has 0 bridgehead atoms. The van der Waals surface area contributed by atoms with Gasteiger partial charge in [-0.3, -0.25) is 14.9 Å². The van der Waals surface area contributed by atoms with E-state index in [-0.39, 0.29) is 30.7 Å². The van der Waals surface area contributed by atoms with E-state index in [0.29, 0.717) is 0 Å². The summed E-state index contributed by atoms with van der Waals surface area (Å²) in [6.07, 6.45) is 0.259. The van der Waals surface area contributed by atoms with Gasteiger partial charge in [0.15, 0.2) is 0 Å². The molecule has 50 valence electrons. The molecule has 1 aliphatic rings. The lowest BCUT2D eigenvalue weighted by Crippen LogP contribution is -2.25. The van der Waals surface area contributed by atoms with E-state index in [1.54, 1.807) is 0 Å². The van der Waals surface area contributed by atoms with E-state index in [1.807, 2.05) is 0 Å². The van der Waals surface area contributed by atoms with Gasteiger partial charge in [-0.25, -0.2) is 0 Å². The maximum Gasteiger partial charge on any atom is 0.231 e. The fraction of sp³-hybridized carbons (Fsp3) is 0.600. The lowest BCUT2D eigenvalue weighted by molar-refractivity contribution is -0.125. The van der Waals surface area contributed by atoms with Crippen LogP contribution in [0.5, 0.6) is 0 Å². The van der Waals surface area contributed by atoms with Crippen LogP contribution in [0.2, 0.25) is 0 Å². The molecule has 0 aromatic carbocycles. The van der Waals surface area contributed by atoms with Crippen molar-refractivity contribution < 1.29 is 9.59 Å². The zero-order valence-corrected chi connectivity index (χ0v) is 4.89. The molecule has 4 nitrogen and oxygen atoms in total. The largest absolute Gasteiger partial charge is 0.330 e. The van der Waals surface area contributed by atoms with Gasteiger partial charge in [0, 0.05) is 13.0 Å². The molecule has 1 aliphatic heterocycles. The second-order valence-electron chi connectivity index (χ2n) is 2.05. The molecule has 1 fully saturated rings. The smallest absolute Gasteiger partial charge is 0.231 e. The van der Waals surface area contributed by atoms with Gasteiger partial charge in [-0.1, -0.05) is 0 Å². The number of imide groups is 1. The van der Waals surface area contributed by atoms with Crippen LogP contribution in [0.1, 0.15) is 6.42 Å². The molecule has 2 amide bonds. The highest BCUT2D eigenvalue weighted by Gasteiger charge is 2.28. The third kappa shape index (κ3) is 1.08. The molecule has 1 rings (SSSR count). The van der Waals surface area contributed by atoms with Crippen molar-refractivity contribution in [3.8, 4) is 0 Å². The Balaban J connectivity index is 2.58. The minimum Gasteiger partial charge on any atom is -0.330 e. The molecular formula is C5H8N2O2. The van der Waals surface area contributed by atoms with E-state index in [0.717, 1.165) is 0 Å². The van der Waals surface area contributed by atoms with E-state index >= 15 is 0 Å².